The van der Waals surface area contributed by atoms with Crippen LogP contribution < -0.4 is 10.7 Å². The summed E-state index contributed by atoms with van der Waals surface area (Å²) in [5.41, 5.74) is 5.43. The Labute approximate surface area is 113 Å². The molecule has 0 fully saturated rings. The smallest absolute Gasteiger partial charge is 0.178 e. The molecule has 0 atom stereocenters. The van der Waals surface area contributed by atoms with E-state index >= 15 is 0 Å². The Balaban J connectivity index is 2.13. The maximum absolute atomic E-state index is 4.38. The molecule has 1 heterocycles. The average molecular weight is 257 g/mol. The molecule has 0 aromatic heterocycles. The van der Waals surface area contributed by atoms with E-state index in [-0.39, 0.29) is 5.54 Å². The highest BCUT2D eigenvalue weighted by molar-refractivity contribution is 6.69. The van der Waals surface area contributed by atoms with Gasteiger partial charge in [0.05, 0.1) is 11.4 Å². The van der Waals surface area contributed by atoms with Crippen molar-refractivity contribution >= 4 is 22.9 Å². The molecule has 1 aromatic carbocycles. The van der Waals surface area contributed by atoms with Gasteiger partial charge in [-0.1, -0.05) is 18.2 Å². The number of hydrogen-bond acceptors (Lipinski definition) is 5. The number of rotatable bonds is 2. The molecule has 2 rings (SSSR count). The molecule has 19 heavy (non-hydrogen) atoms. The molecule has 0 bridgehead atoms. The number of benzene rings is 1. The summed E-state index contributed by atoms with van der Waals surface area (Å²) in [6.07, 6.45) is 0. The molecule has 1 aromatic rings. The van der Waals surface area contributed by atoms with Gasteiger partial charge in [0.1, 0.15) is 0 Å². The van der Waals surface area contributed by atoms with Gasteiger partial charge in [0.25, 0.3) is 0 Å². The fraction of sp³-hybridized carbons (Fsp3) is 0.357. The fourth-order valence-electron chi connectivity index (χ4n) is 1.60. The van der Waals surface area contributed by atoms with Crippen LogP contribution in [0.3, 0.4) is 0 Å². The first-order chi connectivity index (χ1) is 8.96. The number of amidine groups is 1. The van der Waals surface area contributed by atoms with E-state index in [9.17, 15) is 0 Å². The van der Waals surface area contributed by atoms with Crippen molar-refractivity contribution in [3.8, 4) is 0 Å². The third-order valence-corrected chi connectivity index (χ3v) is 2.43. The van der Waals surface area contributed by atoms with Crippen LogP contribution in [-0.4, -0.2) is 22.8 Å². The second-order valence-electron chi connectivity index (χ2n) is 5.45. The maximum Gasteiger partial charge on any atom is 0.178 e. The van der Waals surface area contributed by atoms with Crippen LogP contribution in [0.1, 0.15) is 27.7 Å². The molecule has 0 spiro atoms. The molecule has 0 amide bonds. The van der Waals surface area contributed by atoms with Crippen LogP contribution in [0.4, 0.5) is 5.69 Å². The Morgan fingerprint density at radius 3 is 2.37 bits per heavy atom. The molecule has 0 saturated heterocycles. The summed E-state index contributed by atoms with van der Waals surface area (Å²) in [4.78, 5) is 0. The Bertz CT molecular complexity index is 535. The summed E-state index contributed by atoms with van der Waals surface area (Å²) >= 11 is 0. The van der Waals surface area contributed by atoms with Gasteiger partial charge in [-0.15, -0.1) is 5.10 Å². The molecular weight excluding hydrogens is 238 g/mol. The number of hydrazone groups is 1. The second-order valence-corrected chi connectivity index (χ2v) is 5.45. The number of nitrogens with one attached hydrogen (secondary N) is 2. The molecule has 0 saturated carbocycles. The average Bonchev–Trinajstić information content (AvgIpc) is 2.67. The number of anilines is 1. The minimum absolute atomic E-state index is 0.0769. The number of hydrogen-bond donors (Lipinski definition) is 2. The van der Waals surface area contributed by atoms with E-state index in [4.69, 9.17) is 0 Å². The Hall–Kier alpha value is -2.17. The number of nitrogens with zero attached hydrogens (tertiary/aromatic N) is 3. The highest BCUT2D eigenvalue weighted by Gasteiger charge is 2.23. The van der Waals surface area contributed by atoms with Gasteiger partial charge >= 0.3 is 0 Å². The van der Waals surface area contributed by atoms with Gasteiger partial charge in [-0.25, -0.2) is 0 Å². The molecule has 5 nitrogen and oxygen atoms in total. The predicted molar refractivity (Wildman–Crippen MR) is 80.9 cm³/mol. The van der Waals surface area contributed by atoms with E-state index in [0.29, 0.717) is 5.84 Å². The van der Waals surface area contributed by atoms with E-state index < -0.39 is 0 Å². The standard InChI is InChI=1S/C14H19N5/c1-10-12(13(19-16-10)15-14(2,3)4)18-17-11-8-6-5-7-9-11/h5-9,17H,1-4H3,(H,15,18,19). The van der Waals surface area contributed by atoms with Crippen molar-refractivity contribution < 1.29 is 0 Å². The quantitative estimate of drug-likeness (QED) is 0.800. The van der Waals surface area contributed by atoms with E-state index in [1.807, 2.05) is 37.3 Å². The van der Waals surface area contributed by atoms with Crippen molar-refractivity contribution in [3.05, 3.63) is 30.3 Å². The first-order valence-corrected chi connectivity index (χ1v) is 6.26. The zero-order valence-corrected chi connectivity index (χ0v) is 11.7. The predicted octanol–water partition coefficient (Wildman–Crippen LogP) is 2.63. The summed E-state index contributed by atoms with van der Waals surface area (Å²) in [5, 5.41) is 15.9. The minimum atomic E-state index is -0.0769. The highest BCUT2D eigenvalue weighted by Crippen LogP contribution is 2.08. The summed E-state index contributed by atoms with van der Waals surface area (Å²) in [6, 6.07) is 9.80. The van der Waals surface area contributed by atoms with E-state index in [0.717, 1.165) is 17.1 Å². The van der Waals surface area contributed by atoms with Crippen molar-refractivity contribution in [2.45, 2.75) is 33.2 Å². The molecule has 5 heteroatoms. The van der Waals surface area contributed by atoms with Gasteiger partial charge in [-0.3, -0.25) is 5.43 Å². The molecule has 2 N–H and O–H groups in total. The molecule has 100 valence electrons. The van der Waals surface area contributed by atoms with Gasteiger partial charge in [0.15, 0.2) is 11.5 Å². The Kier molecular flexibility index (Phi) is 3.64. The largest absolute Gasteiger partial charge is 0.362 e. The zero-order valence-electron chi connectivity index (χ0n) is 11.7. The van der Waals surface area contributed by atoms with Gasteiger partial charge < -0.3 is 5.32 Å². The molecular formula is C14H19N5. The second kappa shape index (κ2) is 5.22. The fourth-order valence-corrected chi connectivity index (χ4v) is 1.60. The van der Waals surface area contributed by atoms with E-state index in [1.165, 1.54) is 0 Å². The van der Waals surface area contributed by atoms with Crippen molar-refractivity contribution in [1.82, 2.24) is 5.32 Å². The van der Waals surface area contributed by atoms with E-state index in [1.54, 1.807) is 0 Å². The van der Waals surface area contributed by atoms with Crippen molar-refractivity contribution in [2.24, 2.45) is 15.3 Å². The van der Waals surface area contributed by atoms with E-state index in [2.05, 4.69) is 46.8 Å². The summed E-state index contributed by atoms with van der Waals surface area (Å²) in [5.74, 6) is 0.702. The number of para-hydroxylation sites is 1. The third-order valence-electron chi connectivity index (χ3n) is 2.43. The first-order valence-electron chi connectivity index (χ1n) is 6.26. The van der Waals surface area contributed by atoms with Gasteiger partial charge in [-0.05, 0) is 39.8 Å². The Morgan fingerprint density at radius 1 is 1.05 bits per heavy atom. The van der Waals surface area contributed by atoms with Crippen LogP contribution in [0.2, 0.25) is 0 Å². The monoisotopic (exact) mass is 257 g/mol. The van der Waals surface area contributed by atoms with Crippen LogP contribution in [-0.2, 0) is 0 Å². The molecule has 0 radical (unpaired) electrons. The first kappa shape index (κ1) is 13.3. The third kappa shape index (κ3) is 3.64. The zero-order chi connectivity index (χ0) is 13.9. The molecule has 1 aliphatic heterocycles. The SMILES string of the molecule is CC1=NN=C(NC(C)(C)C)/C1=N/Nc1ccccc1. The van der Waals surface area contributed by atoms with Gasteiger partial charge in [0.2, 0.25) is 0 Å². The van der Waals surface area contributed by atoms with Crippen molar-refractivity contribution in [1.29, 1.82) is 0 Å². The van der Waals surface area contributed by atoms with Gasteiger partial charge in [0, 0.05) is 5.54 Å². The normalized spacial score (nSPS) is 17.2. The Morgan fingerprint density at radius 2 is 1.74 bits per heavy atom. The summed E-state index contributed by atoms with van der Waals surface area (Å²) < 4.78 is 0. The highest BCUT2D eigenvalue weighted by atomic mass is 15.4. The van der Waals surface area contributed by atoms with Crippen LogP contribution in [0.15, 0.2) is 45.6 Å². The lowest BCUT2D eigenvalue weighted by molar-refractivity contribution is 0.514. The lowest BCUT2D eigenvalue weighted by Gasteiger charge is -2.21. The van der Waals surface area contributed by atoms with Crippen LogP contribution >= 0.6 is 0 Å². The molecule has 1 aliphatic rings. The minimum Gasteiger partial charge on any atom is -0.362 e. The van der Waals surface area contributed by atoms with Crippen LogP contribution in [0.25, 0.3) is 0 Å². The molecule has 0 aliphatic carbocycles. The van der Waals surface area contributed by atoms with Crippen LogP contribution in [0, 0.1) is 0 Å². The lowest BCUT2D eigenvalue weighted by atomic mass is 10.1. The molecule has 0 unspecified atom stereocenters. The topological polar surface area (TPSA) is 61.1 Å². The summed E-state index contributed by atoms with van der Waals surface area (Å²) in [7, 11) is 0. The lowest BCUT2D eigenvalue weighted by Crippen LogP contribution is -2.44. The van der Waals surface area contributed by atoms with Crippen molar-refractivity contribution in [2.75, 3.05) is 5.43 Å². The van der Waals surface area contributed by atoms with Crippen molar-refractivity contribution in [3.63, 3.8) is 0 Å². The maximum atomic E-state index is 4.38. The van der Waals surface area contributed by atoms with Crippen LogP contribution in [0.5, 0.6) is 0 Å². The summed E-state index contributed by atoms with van der Waals surface area (Å²) in [6.45, 7) is 8.12. The van der Waals surface area contributed by atoms with Gasteiger partial charge in [-0.2, -0.15) is 10.2 Å².